The molecule has 2 aliphatic rings. The van der Waals surface area contributed by atoms with Gasteiger partial charge in [-0.05, 0) is 38.1 Å². The van der Waals surface area contributed by atoms with Crippen LogP contribution in [0.25, 0.3) is 0 Å². The van der Waals surface area contributed by atoms with Crippen molar-refractivity contribution in [2.45, 2.75) is 45.4 Å². The largest absolute Gasteiger partial charge is 0.381 e. The van der Waals surface area contributed by atoms with Crippen LogP contribution >= 0.6 is 0 Å². The number of ether oxygens (including phenoxy) is 1. The normalized spacial score (nSPS) is 33.4. The van der Waals surface area contributed by atoms with Crippen LogP contribution in [0.4, 0.5) is 0 Å². The minimum absolute atomic E-state index is 0.477. The topological polar surface area (TPSA) is 21.3 Å². The number of hydrogen-bond acceptors (Lipinski definition) is 2. The fourth-order valence-electron chi connectivity index (χ4n) is 3.39. The highest BCUT2D eigenvalue weighted by Gasteiger charge is 2.41. The lowest BCUT2D eigenvalue weighted by Gasteiger charge is -2.42. The van der Waals surface area contributed by atoms with Crippen molar-refractivity contribution in [3.8, 4) is 0 Å². The summed E-state index contributed by atoms with van der Waals surface area (Å²) < 4.78 is 5.75. The third-order valence-electron chi connectivity index (χ3n) is 4.30. The van der Waals surface area contributed by atoms with Crippen molar-refractivity contribution in [2.75, 3.05) is 26.3 Å². The molecule has 1 heterocycles. The van der Waals surface area contributed by atoms with Crippen LogP contribution in [-0.2, 0) is 4.74 Å². The lowest BCUT2D eigenvalue weighted by Crippen LogP contribution is -2.45. The Morgan fingerprint density at radius 3 is 2.67 bits per heavy atom. The highest BCUT2D eigenvalue weighted by Crippen LogP contribution is 2.44. The second-order valence-corrected chi connectivity index (χ2v) is 5.28. The Morgan fingerprint density at radius 2 is 2.07 bits per heavy atom. The van der Waals surface area contributed by atoms with E-state index in [9.17, 15) is 0 Å². The monoisotopic (exact) mass is 211 g/mol. The molecule has 15 heavy (non-hydrogen) atoms. The minimum Gasteiger partial charge on any atom is -0.381 e. The van der Waals surface area contributed by atoms with Gasteiger partial charge in [0.15, 0.2) is 0 Å². The average molecular weight is 211 g/mol. The van der Waals surface area contributed by atoms with Crippen molar-refractivity contribution < 1.29 is 4.74 Å². The van der Waals surface area contributed by atoms with E-state index in [4.69, 9.17) is 4.74 Å². The molecule has 0 spiro atoms. The quantitative estimate of drug-likeness (QED) is 0.771. The van der Waals surface area contributed by atoms with Gasteiger partial charge in [0.25, 0.3) is 0 Å². The lowest BCUT2D eigenvalue weighted by atomic mass is 9.70. The van der Waals surface area contributed by atoms with Crippen molar-refractivity contribution in [3.05, 3.63) is 0 Å². The first-order chi connectivity index (χ1) is 7.37. The molecular formula is C13H25NO. The zero-order valence-corrected chi connectivity index (χ0v) is 10.1. The summed E-state index contributed by atoms with van der Waals surface area (Å²) in [5, 5.41) is 3.56. The molecule has 1 saturated carbocycles. The summed E-state index contributed by atoms with van der Waals surface area (Å²) in [5.41, 5.74) is 0.477. The fourth-order valence-corrected chi connectivity index (χ4v) is 3.39. The molecule has 1 aliphatic heterocycles. The SMILES string of the molecule is CCNCC1(C2CCCC2)CCCOC1. The molecule has 2 fully saturated rings. The van der Waals surface area contributed by atoms with Crippen LogP contribution in [0.15, 0.2) is 0 Å². The third kappa shape index (κ3) is 2.54. The number of nitrogens with one attached hydrogen (secondary N) is 1. The molecule has 88 valence electrons. The fraction of sp³-hybridized carbons (Fsp3) is 1.00. The summed E-state index contributed by atoms with van der Waals surface area (Å²) in [5.74, 6) is 0.928. The van der Waals surface area contributed by atoms with Crippen molar-refractivity contribution in [1.29, 1.82) is 0 Å². The van der Waals surface area contributed by atoms with Crippen molar-refractivity contribution >= 4 is 0 Å². The molecular weight excluding hydrogens is 186 g/mol. The van der Waals surface area contributed by atoms with Crippen molar-refractivity contribution in [1.82, 2.24) is 5.32 Å². The van der Waals surface area contributed by atoms with Gasteiger partial charge in [0.05, 0.1) is 6.61 Å². The molecule has 1 atom stereocenters. The van der Waals surface area contributed by atoms with Crippen LogP contribution in [0.5, 0.6) is 0 Å². The van der Waals surface area contributed by atoms with Gasteiger partial charge in [-0.2, -0.15) is 0 Å². The zero-order chi connectivity index (χ0) is 10.6. The van der Waals surface area contributed by atoms with Crippen LogP contribution in [-0.4, -0.2) is 26.3 Å². The standard InChI is InChI=1S/C13H25NO/c1-2-14-10-13(8-5-9-15-11-13)12-6-3-4-7-12/h12,14H,2-11H2,1H3. The van der Waals surface area contributed by atoms with Gasteiger partial charge in [0.2, 0.25) is 0 Å². The summed E-state index contributed by atoms with van der Waals surface area (Å²) in [4.78, 5) is 0. The van der Waals surface area contributed by atoms with E-state index in [1.54, 1.807) is 0 Å². The van der Waals surface area contributed by atoms with E-state index in [2.05, 4.69) is 12.2 Å². The summed E-state index contributed by atoms with van der Waals surface area (Å²) in [6.07, 6.45) is 8.41. The van der Waals surface area contributed by atoms with E-state index in [1.165, 1.54) is 45.1 Å². The Hall–Kier alpha value is -0.0800. The van der Waals surface area contributed by atoms with Crippen LogP contribution in [0.3, 0.4) is 0 Å². The minimum atomic E-state index is 0.477. The molecule has 2 rings (SSSR count). The van der Waals surface area contributed by atoms with Crippen LogP contribution in [0.1, 0.15) is 45.4 Å². The first-order valence-electron chi connectivity index (χ1n) is 6.66. The Labute approximate surface area is 93.8 Å². The summed E-state index contributed by atoms with van der Waals surface area (Å²) in [6, 6.07) is 0. The summed E-state index contributed by atoms with van der Waals surface area (Å²) in [6.45, 7) is 6.46. The maximum Gasteiger partial charge on any atom is 0.0537 e. The van der Waals surface area contributed by atoms with Gasteiger partial charge in [-0.25, -0.2) is 0 Å². The zero-order valence-electron chi connectivity index (χ0n) is 10.1. The Morgan fingerprint density at radius 1 is 1.27 bits per heavy atom. The second kappa shape index (κ2) is 5.31. The van der Waals surface area contributed by atoms with Crippen molar-refractivity contribution in [3.63, 3.8) is 0 Å². The van der Waals surface area contributed by atoms with Crippen LogP contribution < -0.4 is 5.32 Å². The smallest absolute Gasteiger partial charge is 0.0537 e. The Balaban J connectivity index is 1.98. The van der Waals surface area contributed by atoms with E-state index in [0.29, 0.717) is 5.41 Å². The average Bonchev–Trinajstić information content (AvgIpc) is 2.82. The predicted octanol–water partition coefficient (Wildman–Crippen LogP) is 2.58. The first kappa shape index (κ1) is 11.4. The Kier molecular flexibility index (Phi) is 4.04. The maximum absolute atomic E-state index is 5.75. The van der Waals surface area contributed by atoms with Gasteiger partial charge < -0.3 is 10.1 Å². The molecule has 0 aromatic heterocycles. The molecule has 0 aromatic rings. The van der Waals surface area contributed by atoms with Gasteiger partial charge in [0.1, 0.15) is 0 Å². The van der Waals surface area contributed by atoms with Gasteiger partial charge >= 0.3 is 0 Å². The van der Waals surface area contributed by atoms with E-state index in [-0.39, 0.29) is 0 Å². The van der Waals surface area contributed by atoms with Crippen molar-refractivity contribution in [2.24, 2.45) is 11.3 Å². The Bertz CT molecular complexity index is 181. The van der Waals surface area contributed by atoms with E-state index in [0.717, 1.165) is 25.7 Å². The lowest BCUT2D eigenvalue weighted by molar-refractivity contribution is -0.0401. The molecule has 2 nitrogen and oxygen atoms in total. The molecule has 1 saturated heterocycles. The highest BCUT2D eigenvalue weighted by molar-refractivity contribution is 4.92. The van der Waals surface area contributed by atoms with Crippen LogP contribution in [0.2, 0.25) is 0 Å². The molecule has 1 N–H and O–H groups in total. The third-order valence-corrected chi connectivity index (χ3v) is 4.30. The molecule has 0 aromatic carbocycles. The van der Waals surface area contributed by atoms with E-state index < -0.39 is 0 Å². The molecule has 0 bridgehead atoms. The van der Waals surface area contributed by atoms with Gasteiger partial charge in [0, 0.05) is 18.6 Å². The van der Waals surface area contributed by atoms with Gasteiger partial charge in [-0.1, -0.05) is 19.8 Å². The summed E-state index contributed by atoms with van der Waals surface area (Å²) >= 11 is 0. The molecule has 0 radical (unpaired) electrons. The first-order valence-corrected chi connectivity index (χ1v) is 6.66. The van der Waals surface area contributed by atoms with Gasteiger partial charge in [-0.15, -0.1) is 0 Å². The van der Waals surface area contributed by atoms with Gasteiger partial charge in [-0.3, -0.25) is 0 Å². The summed E-state index contributed by atoms with van der Waals surface area (Å²) in [7, 11) is 0. The highest BCUT2D eigenvalue weighted by atomic mass is 16.5. The molecule has 2 heteroatoms. The number of hydrogen-bond donors (Lipinski definition) is 1. The number of rotatable bonds is 4. The molecule has 1 unspecified atom stereocenters. The maximum atomic E-state index is 5.75. The second-order valence-electron chi connectivity index (χ2n) is 5.28. The molecule has 1 aliphatic carbocycles. The van der Waals surface area contributed by atoms with Crippen LogP contribution in [0, 0.1) is 11.3 Å². The van der Waals surface area contributed by atoms with E-state index in [1.807, 2.05) is 0 Å². The van der Waals surface area contributed by atoms with E-state index >= 15 is 0 Å². The molecule has 0 amide bonds. The predicted molar refractivity (Wildman–Crippen MR) is 63.0 cm³/mol.